The number of benzene rings is 1. The van der Waals surface area contributed by atoms with Gasteiger partial charge < -0.3 is 10.6 Å². The van der Waals surface area contributed by atoms with Crippen LogP contribution in [0.2, 0.25) is 0 Å². The highest BCUT2D eigenvalue weighted by atomic mass is 79.9. The van der Waals surface area contributed by atoms with Crippen LogP contribution >= 0.6 is 15.9 Å². The van der Waals surface area contributed by atoms with Gasteiger partial charge in [0.1, 0.15) is 5.82 Å². The maximum Gasteiger partial charge on any atom is 0.296 e. The van der Waals surface area contributed by atoms with Crippen LogP contribution in [0.1, 0.15) is 24.5 Å². The van der Waals surface area contributed by atoms with Crippen molar-refractivity contribution in [2.24, 2.45) is 0 Å². The lowest BCUT2D eigenvalue weighted by Crippen LogP contribution is -2.29. The van der Waals surface area contributed by atoms with Crippen LogP contribution in [0.4, 0.5) is 11.5 Å². The molecule has 10 heteroatoms. The van der Waals surface area contributed by atoms with Gasteiger partial charge in [-0.15, -0.1) is 0 Å². The van der Waals surface area contributed by atoms with E-state index in [1.165, 1.54) is 12.1 Å². The first kappa shape index (κ1) is 19.3. The molecule has 8 nitrogen and oxygen atoms in total. The van der Waals surface area contributed by atoms with E-state index in [-0.39, 0.29) is 4.90 Å². The number of nitrogens with one attached hydrogen (secondary N) is 2. The standard InChI is InChI=1S/C18H20BrN5O3S/c1-27-28(25,26)14-6-4-13(5-7-14)22-17-9-16(12-3-2-8-20-10-12)23-18-15(19)11-21-24(17)18/h4-7,9,11-12,20,22H,2-3,8,10H2,1H3. The minimum atomic E-state index is -3.71. The zero-order valence-corrected chi connectivity index (χ0v) is 17.6. The van der Waals surface area contributed by atoms with Gasteiger partial charge in [0.25, 0.3) is 10.1 Å². The van der Waals surface area contributed by atoms with E-state index in [9.17, 15) is 8.42 Å². The number of hydrogen-bond acceptors (Lipinski definition) is 7. The summed E-state index contributed by atoms with van der Waals surface area (Å²) in [6.45, 7) is 1.94. The van der Waals surface area contributed by atoms with Gasteiger partial charge in [-0.2, -0.15) is 18.0 Å². The van der Waals surface area contributed by atoms with Gasteiger partial charge >= 0.3 is 0 Å². The molecule has 1 unspecified atom stereocenters. The lowest BCUT2D eigenvalue weighted by Gasteiger charge is -2.23. The van der Waals surface area contributed by atoms with Crippen molar-refractivity contribution in [3.05, 3.63) is 46.7 Å². The highest BCUT2D eigenvalue weighted by Crippen LogP contribution is 2.29. The van der Waals surface area contributed by atoms with Gasteiger partial charge in [0.15, 0.2) is 5.65 Å². The van der Waals surface area contributed by atoms with Gasteiger partial charge in [0.2, 0.25) is 0 Å². The molecular formula is C18H20BrN5O3S. The summed E-state index contributed by atoms with van der Waals surface area (Å²) in [6, 6.07) is 8.40. The fourth-order valence-corrected chi connectivity index (χ4v) is 4.32. The van der Waals surface area contributed by atoms with Gasteiger partial charge in [-0.1, -0.05) is 0 Å². The molecule has 0 radical (unpaired) electrons. The molecule has 0 aliphatic carbocycles. The predicted octanol–water partition coefficient (Wildman–Crippen LogP) is 3.04. The second-order valence-corrected chi connectivity index (χ2v) is 9.17. The Kier molecular flexibility index (Phi) is 5.37. The molecule has 1 saturated heterocycles. The third-order valence-corrected chi connectivity index (χ3v) is 6.65. The average molecular weight is 466 g/mol. The second kappa shape index (κ2) is 7.78. The Labute approximate surface area is 171 Å². The molecule has 1 fully saturated rings. The Morgan fingerprint density at radius 1 is 1.32 bits per heavy atom. The smallest absolute Gasteiger partial charge is 0.296 e. The second-order valence-electron chi connectivity index (χ2n) is 6.61. The first-order chi connectivity index (χ1) is 13.5. The fraction of sp³-hybridized carbons (Fsp3) is 0.333. The summed E-state index contributed by atoms with van der Waals surface area (Å²) in [6.07, 6.45) is 3.92. The van der Waals surface area contributed by atoms with Crippen LogP contribution in [-0.2, 0) is 14.3 Å². The SMILES string of the molecule is COS(=O)(=O)c1ccc(Nc2cc(C3CCCNC3)nc3c(Br)cnn23)cc1. The number of halogens is 1. The molecule has 148 valence electrons. The number of nitrogens with zero attached hydrogens (tertiary/aromatic N) is 3. The van der Waals surface area contributed by atoms with Crippen LogP contribution in [0.5, 0.6) is 0 Å². The molecule has 2 aromatic heterocycles. The summed E-state index contributed by atoms with van der Waals surface area (Å²) in [5.74, 6) is 1.11. The molecule has 0 saturated carbocycles. The topological polar surface area (TPSA) is 97.6 Å². The Bertz CT molecular complexity index is 1090. The van der Waals surface area contributed by atoms with E-state index in [4.69, 9.17) is 4.98 Å². The predicted molar refractivity (Wildman–Crippen MR) is 109 cm³/mol. The Morgan fingerprint density at radius 3 is 2.79 bits per heavy atom. The minimum Gasteiger partial charge on any atom is -0.340 e. The molecule has 1 aliphatic rings. The zero-order chi connectivity index (χ0) is 19.7. The van der Waals surface area contributed by atoms with E-state index in [1.807, 2.05) is 6.07 Å². The third kappa shape index (κ3) is 3.77. The van der Waals surface area contributed by atoms with Crippen molar-refractivity contribution in [1.29, 1.82) is 0 Å². The van der Waals surface area contributed by atoms with E-state index >= 15 is 0 Å². The number of anilines is 2. The highest BCUT2D eigenvalue weighted by molar-refractivity contribution is 9.10. The van der Waals surface area contributed by atoms with Crippen molar-refractivity contribution in [3.8, 4) is 0 Å². The Hall–Kier alpha value is -2.01. The first-order valence-corrected chi connectivity index (χ1v) is 11.1. The molecule has 0 spiro atoms. The number of rotatable bonds is 5. The average Bonchev–Trinajstić information content (AvgIpc) is 3.10. The summed E-state index contributed by atoms with van der Waals surface area (Å²) in [7, 11) is -2.56. The Morgan fingerprint density at radius 2 is 2.11 bits per heavy atom. The summed E-state index contributed by atoms with van der Waals surface area (Å²) in [5.41, 5.74) is 2.48. The van der Waals surface area contributed by atoms with Crippen LogP contribution in [0.3, 0.4) is 0 Å². The number of piperidine rings is 1. The number of hydrogen-bond donors (Lipinski definition) is 2. The van der Waals surface area contributed by atoms with Crippen LogP contribution < -0.4 is 10.6 Å². The van der Waals surface area contributed by atoms with Crippen LogP contribution in [-0.4, -0.2) is 43.2 Å². The maximum atomic E-state index is 11.8. The zero-order valence-electron chi connectivity index (χ0n) is 15.2. The summed E-state index contributed by atoms with van der Waals surface area (Å²) in [5, 5.41) is 11.1. The van der Waals surface area contributed by atoms with Crippen LogP contribution in [0, 0.1) is 0 Å². The highest BCUT2D eigenvalue weighted by Gasteiger charge is 2.20. The summed E-state index contributed by atoms with van der Waals surface area (Å²) < 4.78 is 30.7. The van der Waals surface area contributed by atoms with Gasteiger partial charge in [-0.25, -0.2) is 4.98 Å². The molecular weight excluding hydrogens is 446 g/mol. The van der Waals surface area contributed by atoms with Crippen molar-refractivity contribution in [2.45, 2.75) is 23.7 Å². The number of fused-ring (bicyclic) bond motifs is 1. The van der Waals surface area contributed by atoms with Crippen molar-refractivity contribution >= 4 is 43.2 Å². The van der Waals surface area contributed by atoms with Crippen molar-refractivity contribution in [1.82, 2.24) is 19.9 Å². The van der Waals surface area contributed by atoms with E-state index in [0.717, 1.165) is 60.4 Å². The summed E-state index contributed by atoms with van der Waals surface area (Å²) >= 11 is 3.51. The molecule has 3 aromatic rings. The van der Waals surface area contributed by atoms with E-state index in [1.54, 1.807) is 22.8 Å². The van der Waals surface area contributed by atoms with Gasteiger partial charge in [-0.05, 0) is 59.6 Å². The monoisotopic (exact) mass is 465 g/mol. The Balaban J connectivity index is 1.69. The van der Waals surface area contributed by atoms with Crippen molar-refractivity contribution < 1.29 is 12.6 Å². The summed E-state index contributed by atoms with van der Waals surface area (Å²) in [4.78, 5) is 4.90. The van der Waals surface area contributed by atoms with E-state index < -0.39 is 10.1 Å². The number of aromatic nitrogens is 3. The van der Waals surface area contributed by atoms with Crippen LogP contribution in [0.25, 0.3) is 5.65 Å². The quantitative estimate of drug-likeness (QED) is 0.558. The molecule has 2 N–H and O–H groups in total. The molecule has 1 aromatic carbocycles. The fourth-order valence-electron chi connectivity index (χ4n) is 3.31. The molecule has 1 atom stereocenters. The molecule has 1 aliphatic heterocycles. The molecule has 3 heterocycles. The van der Waals surface area contributed by atoms with Crippen molar-refractivity contribution in [2.75, 3.05) is 25.5 Å². The molecule has 0 amide bonds. The lowest BCUT2D eigenvalue weighted by molar-refractivity contribution is 0.398. The van der Waals surface area contributed by atoms with E-state index in [0.29, 0.717) is 5.92 Å². The van der Waals surface area contributed by atoms with Gasteiger partial charge in [0, 0.05) is 24.2 Å². The van der Waals surface area contributed by atoms with E-state index in [2.05, 4.69) is 35.8 Å². The molecule has 4 rings (SSSR count). The maximum absolute atomic E-state index is 11.8. The first-order valence-electron chi connectivity index (χ1n) is 8.90. The normalized spacial score (nSPS) is 17.7. The third-order valence-electron chi connectivity index (χ3n) is 4.80. The van der Waals surface area contributed by atoms with Gasteiger partial charge in [0.05, 0.1) is 28.4 Å². The molecule has 0 bridgehead atoms. The largest absolute Gasteiger partial charge is 0.340 e. The lowest BCUT2D eigenvalue weighted by atomic mass is 9.96. The van der Waals surface area contributed by atoms with Crippen molar-refractivity contribution in [3.63, 3.8) is 0 Å². The minimum absolute atomic E-state index is 0.108. The van der Waals surface area contributed by atoms with Gasteiger partial charge in [-0.3, -0.25) is 4.18 Å². The molecule has 28 heavy (non-hydrogen) atoms. The van der Waals surface area contributed by atoms with Crippen LogP contribution in [0.15, 0.2) is 45.9 Å².